The first-order valence-corrected chi connectivity index (χ1v) is 4.36. The Labute approximate surface area is 88.7 Å². The van der Waals surface area contributed by atoms with Gasteiger partial charge in [0.1, 0.15) is 6.33 Å². The van der Waals surface area contributed by atoms with Crippen LogP contribution in [0, 0.1) is 0 Å². The summed E-state index contributed by atoms with van der Waals surface area (Å²) in [7, 11) is 0. The van der Waals surface area contributed by atoms with E-state index in [0.717, 1.165) is 11.0 Å². The van der Waals surface area contributed by atoms with Gasteiger partial charge in [-0.1, -0.05) is 15.9 Å². The molecule has 0 unspecified atom stereocenters. The predicted octanol–water partition coefficient (Wildman–Crippen LogP) is 2.20. The van der Waals surface area contributed by atoms with Crippen molar-refractivity contribution in [1.82, 2.24) is 14.6 Å². The van der Waals surface area contributed by atoms with Crippen LogP contribution in [-0.2, 0) is 5.33 Å². The second kappa shape index (κ2) is 4.00. The van der Waals surface area contributed by atoms with Crippen molar-refractivity contribution in [3.8, 4) is 0 Å². The number of pyridine rings is 1. The SMILES string of the molecule is Br.BrCc1ccn2ncnc2c1. The number of fused-ring (bicyclic) bond motifs is 1. The number of hydrogen-bond donors (Lipinski definition) is 0. The van der Waals surface area contributed by atoms with Gasteiger partial charge in [0.25, 0.3) is 0 Å². The lowest BCUT2D eigenvalue weighted by Crippen LogP contribution is -1.87. The average molecular weight is 293 g/mol. The maximum Gasteiger partial charge on any atom is 0.155 e. The minimum absolute atomic E-state index is 0. The summed E-state index contributed by atoms with van der Waals surface area (Å²) in [5.41, 5.74) is 2.10. The fourth-order valence-electron chi connectivity index (χ4n) is 0.941. The van der Waals surface area contributed by atoms with Crippen LogP contribution in [0.4, 0.5) is 0 Å². The smallest absolute Gasteiger partial charge is 0.155 e. The van der Waals surface area contributed by atoms with Gasteiger partial charge in [-0.05, 0) is 17.7 Å². The molecular weight excluding hydrogens is 286 g/mol. The Morgan fingerprint density at radius 1 is 1.50 bits per heavy atom. The van der Waals surface area contributed by atoms with Crippen molar-refractivity contribution in [2.24, 2.45) is 0 Å². The Kier molecular flexibility index (Phi) is 3.22. The van der Waals surface area contributed by atoms with E-state index in [2.05, 4.69) is 26.0 Å². The molecule has 0 saturated heterocycles. The maximum absolute atomic E-state index is 4.06. The molecule has 0 spiro atoms. The molecule has 0 amide bonds. The molecule has 0 radical (unpaired) electrons. The van der Waals surface area contributed by atoms with E-state index in [4.69, 9.17) is 0 Å². The van der Waals surface area contributed by atoms with Crippen molar-refractivity contribution in [3.05, 3.63) is 30.2 Å². The first-order chi connectivity index (χ1) is 5.40. The van der Waals surface area contributed by atoms with Crippen LogP contribution < -0.4 is 0 Å². The third-order valence-electron chi connectivity index (χ3n) is 1.50. The highest BCUT2D eigenvalue weighted by molar-refractivity contribution is 9.08. The Bertz CT molecular complexity index is 371. The Balaban J connectivity index is 0.000000720. The molecule has 0 aliphatic heterocycles. The summed E-state index contributed by atoms with van der Waals surface area (Å²) in [5.74, 6) is 0. The summed E-state index contributed by atoms with van der Waals surface area (Å²) >= 11 is 3.37. The number of hydrogen-bond acceptors (Lipinski definition) is 2. The van der Waals surface area contributed by atoms with Gasteiger partial charge in [0.05, 0.1) is 0 Å². The van der Waals surface area contributed by atoms with Crippen LogP contribution in [-0.4, -0.2) is 14.6 Å². The summed E-state index contributed by atoms with van der Waals surface area (Å²) in [4.78, 5) is 4.06. The van der Waals surface area contributed by atoms with Gasteiger partial charge in [-0.25, -0.2) is 9.50 Å². The van der Waals surface area contributed by atoms with Gasteiger partial charge < -0.3 is 0 Å². The highest BCUT2D eigenvalue weighted by Gasteiger charge is 1.94. The molecule has 0 atom stereocenters. The predicted molar refractivity (Wildman–Crippen MR) is 55.9 cm³/mol. The largest absolute Gasteiger partial charge is 0.221 e. The van der Waals surface area contributed by atoms with E-state index in [9.17, 15) is 0 Å². The molecule has 0 aromatic carbocycles. The molecule has 2 aromatic rings. The third kappa shape index (κ3) is 1.67. The van der Waals surface area contributed by atoms with Gasteiger partial charge in [-0.2, -0.15) is 5.10 Å². The van der Waals surface area contributed by atoms with Crippen molar-refractivity contribution >= 4 is 38.6 Å². The van der Waals surface area contributed by atoms with Gasteiger partial charge in [-0.15, -0.1) is 17.0 Å². The monoisotopic (exact) mass is 291 g/mol. The van der Waals surface area contributed by atoms with Gasteiger partial charge >= 0.3 is 0 Å². The van der Waals surface area contributed by atoms with Gasteiger partial charge in [-0.3, -0.25) is 0 Å². The van der Waals surface area contributed by atoms with E-state index < -0.39 is 0 Å². The standard InChI is InChI=1S/C7H6BrN3.BrH/c8-4-6-1-2-11-7(3-6)9-5-10-11;/h1-3,5H,4H2;1H. The lowest BCUT2D eigenvalue weighted by Gasteiger charge is -1.94. The Hall–Kier alpha value is -0.420. The van der Waals surface area contributed by atoms with Crippen LogP contribution in [0.5, 0.6) is 0 Å². The quantitative estimate of drug-likeness (QED) is 0.755. The minimum Gasteiger partial charge on any atom is -0.221 e. The first-order valence-electron chi connectivity index (χ1n) is 3.24. The van der Waals surface area contributed by atoms with E-state index in [0.29, 0.717) is 0 Å². The van der Waals surface area contributed by atoms with Crippen LogP contribution in [0.15, 0.2) is 24.7 Å². The van der Waals surface area contributed by atoms with E-state index in [1.807, 2.05) is 18.3 Å². The zero-order valence-corrected chi connectivity index (χ0v) is 9.44. The number of halogens is 2. The van der Waals surface area contributed by atoms with Gasteiger partial charge in [0.15, 0.2) is 5.65 Å². The molecule has 64 valence electrons. The average Bonchev–Trinajstić information content (AvgIpc) is 2.50. The molecule has 0 saturated carbocycles. The van der Waals surface area contributed by atoms with Crippen molar-refractivity contribution in [3.63, 3.8) is 0 Å². The minimum atomic E-state index is 0. The molecule has 3 nitrogen and oxygen atoms in total. The summed E-state index contributed by atoms with van der Waals surface area (Å²) in [6, 6.07) is 4.01. The Morgan fingerprint density at radius 3 is 3.08 bits per heavy atom. The van der Waals surface area contributed by atoms with Gasteiger partial charge in [0, 0.05) is 11.5 Å². The normalized spacial score (nSPS) is 9.75. The fraction of sp³-hybridized carbons (Fsp3) is 0.143. The van der Waals surface area contributed by atoms with Gasteiger partial charge in [0.2, 0.25) is 0 Å². The highest BCUT2D eigenvalue weighted by atomic mass is 79.9. The summed E-state index contributed by atoms with van der Waals surface area (Å²) < 4.78 is 1.74. The second-order valence-electron chi connectivity index (χ2n) is 2.23. The molecule has 2 aromatic heterocycles. The zero-order chi connectivity index (χ0) is 7.68. The summed E-state index contributed by atoms with van der Waals surface area (Å²) in [5, 5.41) is 4.84. The van der Waals surface area contributed by atoms with E-state index in [-0.39, 0.29) is 17.0 Å². The molecule has 2 heterocycles. The molecule has 5 heteroatoms. The highest BCUT2D eigenvalue weighted by Crippen LogP contribution is 2.06. The lowest BCUT2D eigenvalue weighted by atomic mass is 10.3. The number of rotatable bonds is 1. The van der Waals surface area contributed by atoms with Crippen LogP contribution in [0.25, 0.3) is 5.65 Å². The first kappa shape index (κ1) is 9.67. The van der Waals surface area contributed by atoms with Crippen molar-refractivity contribution in [2.45, 2.75) is 5.33 Å². The summed E-state index contributed by atoms with van der Waals surface area (Å²) in [6.07, 6.45) is 3.45. The third-order valence-corrected chi connectivity index (χ3v) is 2.15. The molecule has 2 rings (SSSR count). The molecule has 0 bridgehead atoms. The molecule has 0 aliphatic carbocycles. The van der Waals surface area contributed by atoms with Crippen molar-refractivity contribution in [2.75, 3.05) is 0 Å². The summed E-state index contributed by atoms with van der Waals surface area (Å²) in [6.45, 7) is 0. The second-order valence-corrected chi connectivity index (χ2v) is 2.79. The molecule has 0 aliphatic rings. The molecule has 12 heavy (non-hydrogen) atoms. The lowest BCUT2D eigenvalue weighted by molar-refractivity contribution is 0.957. The van der Waals surface area contributed by atoms with Crippen LogP contribution in [0.2, 0.25) is 0 Å². The molecular formula is C7H7Br2N3. The topological polar surface area (TPSA) is 30.2 Å². The van der Waals surface area contributed by atoms with E-state index >= 15 is 0 Å². The Morgan fingerprint density at radius 2 is 2.33 bits per heavy atom. The van der Waals surface area contributed by atoms with Crippen molar-refractivity contribution < 1.29 is 0 Å². The van der Waals surface area contributed by atoms with Crippen LogP contribution in [0.3, 0.4) is 0 Å². The number of nitrogens with zero attached hydrogens (tertiary/aromatic N) is 3. The van der Waals surface area contributed by atoms with Crippen LogP contribution in [0.1, 0.15) is 5.56 Å². The molecule has 0 fully saturated rings. The maximum atomic E-state index is 4.06. The number of aromatic nitrogens is 3. The van der Waals surface area contributed by atoms with E-state index in [1.54, 1.807) is 10.8 Å². The van der Waals surface area contributed by atoms with Crippen molar-refractivity contribution in [1.29, 1.82) is 0 Å². The van der Waals surface area contributed by atoms with Crippen LogP contribution >= 0.6 is 32.9 Å². The number of alkyl halides is 1. The fourth-order valence-corrected chi connectivity index (χ4v) is 1.29. The van der Waals surface area contributed by atoms with E-state index in [1.165, 1.54) is 5.56 Å². The molecule has 0 N–H and O–H groups in total. The zero-order valence-electron chi connectivity index (χ0n) is 6.14.